The third-order valence-electron chi connectivity index (χ3n) is 4.85. The number of nitrogens with one attached hydrogen (secondary N) is 2. The number of H-pyrrole nitrogens is 1. The van der Waals surface area contributed by atoms with Gasteiger partial charge in [-0.3, -0.25) is 4.99 Å². The van der Waals surface area contributed by atoms with Crippen molar-refractivity contribution < 1.29 is 0 Å². The summed E-state index contributed by atoms with van der Waals surface area (Å²) in [6, 6.07) is 21.2. The van der Waals surface area contributed by atoms with E-state index in [2.05, 4.69) is 89.8 Å². The molecule has 1 heterocycles. The third-order valence-corrected chi connectivity index (χ3v) is 4.85. The molecule has 0 aliphatic rings. The molecule has 0 atom stereocenters. The van der Waals surface area contributed by atoms with Crippen LogP contribution in [-0.4, -0.2) is 24.3 Å². The van der Waals surface area contributed by atoms with Crippen molar-refractivity contribution in [1.29, 1.82) is 0 Å². The van der Waals surface area contributed by atoms with Crippen molar-refractivity contribution in [2.24, 2.45) is 4.99 Å². The minimum Gasteiger partial charge on any atom is -0.383 e. The zero-order valence-corrected chi connectivity index (χ0v) is 15.2. The lowest BCUT2D eigenvalue weighted by atomic mass is 10.1. The molecule has 0 spiro atoms. The first-order valence-corrected chi connectivity index (χ1v) is 9.03. The second kappa shape index (κ2) is 7.04. The SMILES string of the molecule is Cc1[nH]c2c(C)cccc2c1C=NCCNc1cccc2ccccc12. The van der Waals surface area contributed by atoms with Gasteiger partial charge in [0.05, 0.1) is 6.54 Å². The Balaban J connectivity index is 1.45. The Morgan fingerprint density at radius 2 is 1.69 bits per heavy atom. The highest BCUT2D eigenvalue weighted by Gasteiger charge is 2.07. The number of benzene rings is 3. The van der Waals surface area contributed by atoms with Gasteiger partial charge in [0.2, 0.25) is 0 Å². The fourth-order valence-electron chi connectivity index (χ4n) is 3.47. The van der Waals surface area contributed by atoms with Crippen molar-refractivity contribution in [3.05, 3.63) is 77.5 Å². The van der Waals surface area contributed by atoms with E-state index in [1.165, 1.54) is 38.5 Å². The van der Waals surface area contributed by atoms with E-state index in [4.69, 9.17) is 0 Å². The predicted molar refractivity (Wildman–Crippen MR) is 113 cm³/mol. The molecule has 0 fully saturated rings. The summed E-state index contributed by atoms with van der Waals surface area (Å²) >= 11 is 0. The summed E-state index contributed by atoms with van der Waals surface area (Å²) in [5.74, 6) is 0. The van der Waals surface area contributed by atoms with E-state index in [0.717, 1.165) is 18.8 Å². The molecule has 0 saturated carbocycles. The van der Waals surface area contributed by atoms with E-state index in [0.29, 0.717) is 0 Å². The summed E-state index contributed by atoms with van der Waals surface area (Å²) in [6.07, 6.45) is 2.00. The Hall–Kier alpha value is -3.07. The van der Waals surface area contributed by atoms with Crippen LogP contribution in [0.5, 0.6) is 0 Å². The van der Waals surface area contributed by atoms with Gasteiger partial charge in [-0.05, 0) is 30.9 Å². The number of nitrogens with zero attached hydrogens (tertiary/aromatic N) is 1. The molecule has 1 aromatic heterocycles. The van der Waals surface area contributed by atoms with Crippen LogP contribution in [0.1, 0.15) is 16.8 Å². The van der Waals surface area contributed by atoms with E-state index in [-0.39, 0.29) is 0 Å². The molecule has 0 unspecified atom stereocenters. The number of hydrogen-bond donors (Lipinski definition) is 2. The van der Waals surface area contributed by atoms with E-state index in [9.17, 15) is 0 Å². The largest absolute Gasteiger partial charge is 0.383 e. The molecule has 0 aliphatic carbocycles. The van der Waals surface area contributed by atoms with Gasteiger partial charge in [-0.25, -0.2) is 0 Å². The maximum absolute atomic E-state index is 4.64. The molecule has 0 amide bonds. The number of aromatic amines is 1. The zero-order valence-electron chi connectivity index (χ0n) is 15.2. The highest BCUT2D eigenvalue weighted by molar-refractivity contribution is 6.01. The van der Waals surface area contributed by atoms with Crippen LogP contribution in [0.2, 0.25) is 0 Å². The van der Waals surface area contributed by atoms with Crippen molar-refractivity contribution in [1.82, 2.24) is 4.98 Å². The number of fused-ring (bicyclic) bond motifs is 2. The quantitative estimate of drug-likeness (QED) is 0.367. The van der Waals surface area contributed by atoms with E-state index in [1.807, 2.05) is 6.21 Å². The Labute approximate surface area is 153 Å². The van der Waals surface area contributed by atoms with Crippen molar-refractivity contribution >= 4 is 33.6 Å². The number of para-hydroxylation sites is 1. The minimum atomic E-state index is 0.737. The van der Waals surface area contributed by atoms with Crippen LogP contribution in [-0.2, 0) is 0 Å². The fourth-order valence-corrected chi connectivity index (χ4v) is 3.47. The van der Waals surface area contributed by atoms with Gasteiger partial charge in [-0.2, -0.15) is 0 Å². The summed E-state index contributed by atoms with van der Waals surface area (Å²) in [5, 5.41) is 7.26. The standard InChI is InChI=1S/C23H23N3/c1-16-7-5-11-20-21(17(2)26-23(16)20)15-24-13-14-25-22-12-6-9-18-8-3-4-10-19(18)22/h3-12,15,25-26H,13-14H2,1-2H3. The first-order chi connectivity index (χ1) is 12.7. The monoisotopic (exact) mass is 341 g/mol. The van der Waals surface area contributed by atoms with Crippen LogP contribution < -0.4 is 5.32 Å². The lowest BCUT2D eigenvalue weighted by Crippen LogP contribution is -2.05. The Morgan fingerprint density at radius 3 is 2.62 bits per heavy atom. The smallest absolute Gasteiger partial charge is 0.0562 e. The fraction of sp³-hybridized carbons (Fsp3) is 0.174. The van der Waals surface area contributed by atoms with Gasteiger partial charge in [-0.1, -0.05) is 54.6 Å². The van der Waals surface area contributed by atoms with Crippen molar-refractivity contribution in [2.75, 3.05) is 18.4 Å². The second-order valence-corrected chi connectivity index (χ2v) is 6.65. The Kier molecular flexibility index (Phi) is 4.44. The van der Waals surface area contributed by atoms with Crippen LogP contribution in [0.15, 0.2) is 65.7 Å². The molecule has 4 aromatic rings. The van der Waals surface area contributed by atoms with Gasteiger partial charge in [0.15, 0.2) is 0 Å². The number of rotatable bonds is 5. The molecule has 3 aromatic carbocycles. The predicted octanol–water partition coefficient (Wildman–Crippen LogP) is 5.47. The molecule has 0 aliphatic heterocycles. The van der Waals surface area contributed by atoms with Gasteiger partial charge >= 0.3 is 0 Å². The molecule has 4 rings (SSSR count). The maximum Gasteiger partial charge on any atom is 0.0562 e. The van der Waals surface area contributed by atoms with E-state index in [1.54, 1.807) is 0 Å². The molecular weight excluding hydrogens is 318 g/mol. The molecule has 3 heteroatoms. The lowest BCUT2D eigenvalue weighted by molar-refractivity contribution is 1.03. The van der Waals surface area contributed by atoms with Crippen LogP contribution in [0.4, 0.5) is 5.69 Å². The van der Waals surface area contributed by atoms with Gasteiger partial charge < -0.3 is 10.3 Å². The van der Waals surface area contributed by atoms with Crippen LogP contribution in [0, 0.1) is 13.8 Å². The highest BCUT2D eigenvalue weighted by atomic mass is 14.9. The molecule has 0 bridgehead atoms. The first kappa shape index (κ1) is 16.4. The van der Waals surface area contributed by atoms with E-state index < -0.39 is 0 Å². The number of aryl methyl sites for hydroxylation is 2. The molecule has 26 heavy (non-hydrogen) atoms. The maximum atomic E-state index is 4.64. The number of aromatic nitrogens is 1. The summed E-state index contributed by atoms with van der Waals surface area (Å²) in [5.41, 5.74) is 5.99. The Bertz CT molecular complexity index is 1080. The molecule has 0 saturated heterocycles. The number of aliphatic imine (C=N–C) groups is 1. The highest BCUT2D eigenvalue weighted by Crippen LogP contribution is 2.24. The average Bonchev–Trinajstić information content (AvgIpc) is 2.99. The minimum absolute atomic E-state index is 0.737. The number of anilines is 1. The first-order valence-electron chi connectivity index (χ1n) is 9.03. The summed E-state index contributed by atoms with van der Waals surface area (Å²) < 4.78 is 0. The van der Waals surface area contributed by atoms with Crippen molar-refractivity contribution in [2.45, 2.75) is 13.8 Å². The summed E-state index contributed by atoms with van der Waals surface area (Å²) in [6.45, 7) is 5.79. The third kappa shape index (κ3) is 3.08. The van der Waals surface area contributed by atoms with Crippen LogP contribution in [0.25, 0.3) is 21.7 Å². The lowest BCUT2D eigenvalue weighted by Gasteiger charge is -2.08. The molecule has 0 radical (unpaired) electrons. The van der Waals surface area contributed by atoms with Gasteiger partial charge in [0, 0.05) is 46.0 Å². The summed E-state index contributed by atoms with van der Waals surface area (Å²) in [7, 11) is 0. The Morgan fingerprint density at radius 1 is 0.923 bits per heavy atom. The van der Waals surface area contributed by atoms with Gasteiger partial charge in [-0.15, -0.1) is 0 Å². The number of hydrogen-bond acceptors (Lipinski definition) is 2. The second-order valence-electron chi connectivity index (χ2n) is 6.65. The normalized spacial score (nSPS) is 11.6. The average molecular weight is 341 g/mol. The molecule has 3 nitrogen and oxygen atoms in total. The van der Waals surface area contributed by atoms with Gasteiger partial charge in [0.1, 0.15) is 0 Å². The van der Waals surface area contributed by atoms with Crippen LogP contribution in [0.3, 0.4) is 0 Å². The van der Waals surface area contributed by atoms with Crippen molar-refractivity contribution in [3.8, 4) is 0 Å². The zero-order chi connectivity index (χ0) is 17.9. The van der Waals surface area contributed by atoms with Crippen molar-refractivity contribution in [3.63, 3.8) is 0 Å². The molecule has 130 valence electrons. The van der Waals surface area contributed by atoms with Crippen LogP contribution >= 0.6 is 0 Å². The summed E-state index contributed by atoms with van der Waals surface area (Å²) in [4.78, 5) is 8.12. The topological polar surface area (TPSA) is 40.2 Å². The molecular formula is C23H23N3. The van der Waals surface area contributed by atoms with Gasteiger partial charge in [0.25, 0.3) is 0 Å². The molecule has 2 N–H and O–H groups in total. The van der Waals surface area contributed by atoms with E-state index >= 15 is 0 Å².